The number of aromatic amines is 1. The minimum Gasteiger partial charge on any atom is -0.278 e. The summed E-state index contributed by atoms with van der Waals surface area (Å²) >= 11 is 6.08. The van der Waals surface area contributed by atoms with Crippen molar-refractivity contribution in [2.75, 3.05) is 11.4 Å². The van der Waals surface area contributed by atoms with Gasteiger partial charge in [-0.3, -0.25) is 14.8 Å². The third-order valence-corrected chi connectivity index (χ3v) is 4.97. The number of nitrogens with zero attached hydrogens (tertiary/aromatic N) is 3. The molecule has 3 rings (SSSR count). The molecule has 0 aliphatic carbocycles. The Morgan fingerprint density at radius 1 is 1.36 bits per heavy atom. The van der Waals surface area contributed by atoms with E-state index in [0.717, 1.165) is 0 Å². The number of amides is 1. The van der Waals surface area contributed by atoms with Crippen LogP contribution in [0.1, 0.15) is 6.42 Å². The van der Waals surface area contributed by atoms with Gasteiger partial charge in [0.05, 0.1) is 5.02 Å². The number of sulfonamides is 1. The Labute approximate surface area is 131 Å². The molecule has 2 heterocycles. The van der Waals surface area contributed by atoms with E-state index < -0.39 is 15.3 Å². The topological polar surface area (TPSA) is 122 Å². The second-order valence-corrected chi connectivity index (χ2v) is 7.14. The molecule has 1 aliphatic rings. The van der Waals surface area contributed by atoms with Crippen molar-refractivity contribution in [1.82, 2.24) is 15.2 Å². The van der Waals surface area contributed by atoms with Crippen LogP contribution in [0.5, 0.6) is 0 Å². The second kappa shape index (κ2) is 5.34. The number of H-pyrrole nitrogens is 1. The van der Waals surface area contributed by atoms with E-state index in [0.29, 0.717) is 16.4 Å². The Kier molecular flexibility index (Phi) is 3.63. The SMILES string of the molecule is NS(=O)(=O)C1CC(=O)N(c2n[nH]c(-c3ccccc3Cl)n2)C1. The molecule has 2 aromatic rings. The largest absolute Gasteiger partial charge is 0.278 e. The zero-order valence-corrected chi connectivity index (χ0v) is 12.8. The van der Waals surface area contributed by atoms with Crippen molar-refractivity contribution in [3.05, 3.63) is 29.3 Å². The van der Waals surface area contributed by atoms with E-state index >= 15 is 0 Å². The molecule has 3 N–H and O–H groups in total. The van der Waals surface area contributed by atoms with Crippen molar-refractivity contribution in [2.45, 2.75) is 11.7 Å². The first-order chi connectivity index (χ1) is 10.4. The highest BCUT2D eigenvalue weighted by Crippen LogP contribution is 2.27. The summed E-state index contributed by atoms with van der Waals surface area (Å²) in [5.74, 6) is 0.113. The molecule has 1 amide bonds. The van der Waals surface area contributed by atoms with E-state index in [1.165, 1.54) is 4.90 Å². The number of benzene rings is 1. The summed E-state index contributed by atoms with van der Waals surface area (Å²) in [6, 6.07) is 7.04. The molecule has 0 radical (unpaired) electrons. The summed E-state index contributed by atoms with van der Waals surface area (Å²) in [7, 11) is -3.78. The van der Waals surface area contributed by atoms with E-state index in [9.17, 15) is 13.2 Å². The van der Waals surface area contributed by atoms with Gasteiger partial charge in [-0.15, -0.1) is 5.10 Å². The van der Waals surface area contributed by atoms with Crippen molar-refractivity contribution < 1.29 is 13.2 Å². The molecule has 0 spiro atoms. The maximum atomic E-state index is 11.9. The minimum atomic E-state index is -3.78. The number of primary sulfonamides is 1. The van der Waals surface area contributed by atoms with E-state index in [2.05, 4.69) is 15.2 Å². The van der Waals surface area contributed by atoms with Gasteiger partial charge in [-0.1, -0.05) is 23.7 Å². The number of nitrogens with one attached hydrogen (secondary N) is 1. The van der Waals surface area contributed by atoms with Gasteiger partial charge in [0.25, 0.3) is 5.95 Å². The molecule has 1 aliphatic heterocycles. The van der Waals surface area contributed by atoms with Crippen molar-refractivity contribution in [3.8, 4) is 11.4 Å². The quantitative estimate of drug-likeness (QED) is 0.842. The molecule has 1 aromatic carbocycles. The molecule has 1 fully saturated rings. The molecule has 0 saturated carbocycles. The van der Waals surface area contributed by atoms with Crippen LogP contribution in [-0.4, -0.2) is 41.3 Å². The summed E-state index contributed by atoms with van der Waals surface area (Å²) in [5, 5.41) is 11.3. The first kappa shape index (κ1) is 14.9. The summed E-state index contributed by atoms with van der Waals surface area (Å²) in [4.78, 5) is 17.3. The van der Waals surface area contributed by atoms with Crippen LogP contribution in [0.3, 0.4) is 0 Å². The third kappa shape index (κ3) is 2.70. The standard InChI is InChI=1S/C12H12ClN5O3S/c13-9-4-2-1-3-8(9)11-15-12(17-16-11)18-6-7(5-10(18)19)22(14,20)21/h1-4,7H,5-6H2,(H2,14,20,21)(H,15,16,17). The number of hydrogen-bond acceptors (Lipinski definition) is 5. The maximum Gasteiger partial charge on any atom is 0.251 e. The molecule has 0 bridgehead atoms. The Morgan fingerprint density at radius 3 is 2.73 bits per heavy atom. The van der Waals surface area contributed by atoms with Gasteiger partial charge in [-0.05, 0) is 12.1 Å². The number of anilines is 1. The Balaban J connectivity index is 1.89. The maximum absolute atomic E-state index is 11.9. The van der Waals surface area contributed by atoms with Gasteiger partial charge >= 0.3 is 0 Å². The number of carbonyl (C=O) groups excluding carboxylic acids is 1. The fourth-order valence-electron chi connectivity index (χ4n) is 2.24. The molecule has 116 valence electrons. The molecule has 22 heavy (non-hydrogen) atoms. The number of carbonyl (C=O) groups is 1. The average Bonchev–Trinajstić information content (AvgIpc) is 3.05. The van der Waals surface area contributed by atoms with E-state index in [1.54, 1.807) is 24.3 Å². The molecule has 1 atom stereocenters. The van der Waals surface area contributed by atoms with Crippen LogP contribution in [0, 0.1) is 0 Å². The number of rotatable bonds is 3. The molecule has 10 heteroatoms. The van der Waals surface area contributed by atoms with E-state index in [4.69, 9.17) is 16.7 Å². The fourth-order valence-corrected chi connectivity index (χ4v) is 3.19. The highest BCUT2D eigenvalue weighted by atomic mass is 35.5. The van der Waals surface area contributed by atoms with Crippen LogP contribution in [0.15, 0.2) is 24.3 Å². The molecule has 1 saturated heterocycles. The molecule has 8 nitrogen and oxygen atoms in total. The van der Waals surface area contributed by atoms with Gasteiger partial charge in [0.1, 0.15) is 5.25 Å². The zero-order chi connectivity index (χ0) is 15.9. The predicted molar refractivity (Wildman–Crippen MR) is 80.7 cm³/mol. The van der Waals surface area contributed by atoms with Crippen molar-refractivity contribution in [3.63, 3.8) is 0 Å². The number of hydrogen-bond donors (Lipinski definition) is 2. The zero-order valence-electron chi connectivity index (χ0n) is 11.2. The van der Waals surface area contributed by atoms with Gasteiger partial charge in [0.2, 0.25) is 15.9 Å². The first-order valence-corrected chi connectivity index (χ1v) is 8.34. The first-order valence-electron chi connectivity index (χ1n) is 6.35. The van der Waals surface area contributed by atoms with Crippen molar-refractivity contribution >= 4 is 33.5 Å². The average molecular weight is 342 g/mol. The second-order valence-electron chi connectivity index (χ2n) is 4.88. The predicted octanol–water partition coefficient (Wildman–Crippen LogP) is 0.519. The normalized spacial score (nSPS) is 18.9. The lowest BCUT2D eigenvalue weighted by atomic mass is 10.2. The van der Waals surface area contributed by atoms with Crippen LogP contribution >= 0.6 is 11.6 Å². The van der Waals surface area contributed by atoms with E-state index in [-0.39, 0.29) is 24.8 Å². The summed E-state index contributed by atoms with van der Waals surface area (Å²) in [5.41, 5.74) is 0.637. The summed E-state index contributed by atoms with van der Waals surface area (Å²) in [6.45, 7) is -0.0581. The van der Waals surface area contributed by atoms with Crippen molar-refractivity contribution in [2.24, 2.45) is 5.14 Å². The highest BCUT2D eigenvalue weighted by Gasteiger charge is 2.38. The lowest BCUT2D eigenvalue weighted by Crippen LogP contribution is -2.32. The van der Waals surface area contributed by atoms with Gasteiger partial charge in [-0.2, -0.15) is 4.98 Å². The van der Waals surface area contributed by atoms with Gasteiger partial charge in [0.15, 0.2) is 5.82 Å². The molecule has 1 unspecified atom stereocenters. The van der Waals surface area contributed by atoms with Crippen LogP contribution in [-0.2, 0) is 14.8 Å². The van der Waals surface area contributed by atoms with Crippen LogP contribution in [0.4, 0.5) is 5.95 Å². The van der Waals surface area contributed by atoms with Crippen LogP contribution in [0.25, 0.3) is 11.4 Å². The summed E-state index contributed by atoms with van der Waals surface area (Å²) < 4.78 is 22.7. The monoisotopic (exact) mass is 341 g/mol. The minimum absolute atomic E-state index is 0.0581. The number of halogens is 1. The Bertz CT molecular complexity index is 835. The van der Waals surface area contributed by atoms with Gasteiger partial charge in [0, 0.05) is 18.5 Å². The molecule has 1 aromatic heterocycles. The molecular weight excluding hydrogens is 330 g/mol. The molecular formula is C12H12ClN5O3S. The third-order valence-electron chi connectivity index (χ3n) is 3.40. The van der Waals surface area contributed by atoms with E-state index in [1.807, 2.05) is 0 Å². The number of aromatic nitrogens is 3. The Hall–Kier alpha value is -1.97. The van der Waals surface area contributed by atoms with Crippen LogP contribution in [0.2, 0.25) is 5.02 Å². The fraction of sp³-hybridized carbons (Fsp3) is 0.250. The highest BCUT2D eigenvalue weighted by molar-refractivity contribution is 7.89. The lowest BCUT2D eigenvalue weighted by Gasteiger charge is -2.10. The smallest absolute Gasteiger partial charge is 0.251 e. The van der Waals surface area contributed by atoms with Gasteiger partial charge in [-0.25, -0.2) is 13.6 Å². The van der Waals surface area contributed by atoms with Crippen molar-refractivity contribution in [1.29, 1.82) is 0 Å². The van der Waals surface area contributed by atoms with Crippen LogP contribution < -0.4 is 10.0 Å². The van der Waals surface area contributed by atoms with Gasteiger partial charge < -0.3 is 0 Å². The lowest BCUT2D eigenvalue weighted by molar-refractivity contribution is -0.117. The number of nitrogens with two attached hydrogens (primary N) is 1. The summed E-state index contributed by atoms with van der Waals surface area (Å²) in [6.07, 6.45) is -0.172. The Morgan fingerprint density at radius 2 is 2.09 bits per heavy atom.